The molecular formula is C12H11BrNO3S2-. The summed E-state index contributed by atoms with van der Waals surface area (Å²) in [7, 11) is -3.64. The fourth-order valence-electron chi connectivity index (χ4n) is 1.39. The number of hydrogen-bond donors (Lipinski definition) is 0. The highest BCUT2D eigenvalue weighted by atomic mass is 79.9. The highest BCUT2D eigenvalue weighted by molar-refractivity contribution is 9.11. The third-order valence-corrected chi connectivity index (χ3v) is 5.57. The molecule has 19 heavy (non-hydrogen) atoms. The van der Waals surface area contributed by atoms with E-state index in [0.717, 1.165) is 15.1 Å². The molecule has 0 atom stereocenters. The lowest BCUT2D eigenvalue weighted by molar-refractivity contribution is 0.340. The second kappa shape index (κ2) is 5.94. The topological polar surface area (TPSA) is 57.5 Å². The Morgan fingerprint density at radius 1 is 1.21 bits per heavy atom. The summed E-state index contributed by atoms with van der Waals surface area (Å²) in [5, 5.41) is 0. The lowest BCUT2D eigenvalue weighted by atomic mass is 10.3. The van der Waals surface area contributed by atoms with Crippen LogP contribution in [0.4, 0.5) is 5.69 Å². The first kappa shape index (κ1) is 14.4. The third-order valence-electron chi connectivity index (χ3n) is 2.18. The Bertz CT molecular complexity index is 650. The molecule has 0 saturated carbocycles. The first-order valence-electron chi connectivity index (χ1n) is 5.47. The van der Waals surface area contributed by atoms with Crippen LogP contribution in [0, 0.1) is 0 Å². The standard InChI is InChI=1S/C12H11BrNO3S2/c1-2-17-10-5-3-9(4-6-10)14-19(15,16)12-8-7-11(13)18-12/h3-8H,2H2,1H3/q-1. The van der Waals surface area contributed by atoms with E-state index < -0.39 is 10.0 Å². The SMILES string of the molecule is CCOc1ccc([N-]S(=O)(=O)c2ccc(Br)s2)cc1. The van der Waals surface area contributed by atoms with Crippen LogP contribution in [0.5, 0.6) is 5.75 Å². The van der Waals surface area contributed by atoms with Crippen molar-refractivity contribution in [1.82, 2.24) is 0 Å². The number of halogens is 1. The van der Waals surface area contributed by atoms with Gasteiger partial charge in [-0.25, -0.2) is 8.42 Å². The van der Waals surface area contributed by atoms with E-state index >= 15 is 0 Å². The molecule has 0 unspecified atom stereocenters. The summed E-state index contributed by atoms with van der Waals surface area (Å²) >= 11 is 4.37. The Labute approximate surface area is 124 Å². The maximum Gasteiger partial charge on any atom is 0.132 e. The Morgan fingerprint density at radius 2 is 1.89 bits per heavy atom. The molecule has 0 N–H and O–H groups in total. The molecule has 0 aliphatic heterocycles. The predicted molar refractivity (Wildman–Crippen MR) is 79.8 cm³/mol. The average molecular weight is 361 g/mol. The van der Waals surface area contributed by atoms with Gasteiger partial charge in [0, 0.05) is 0 Å². The molecule has 0 spiro atoms. The minimum atomic E-state index is -3.64. The first-order chi connectivity index (χ1) is 9.01. The van der Waals surface area contributed by atoms with Crippen LogP contribution < -0.4 is 4.74 Å². The number of benzene rings is 1. The van der Waals surface area contributed by atoms with Gasteiger partial charge in [0.1, 0.15) is 20.0 Å². The maximum absolute atomic E-state index is 12.0. The zero-order chi connectivity index (χ0) is 13.9. The van der Waals surface area contributed by atoms with E-state index in [1.54, 1.807) is 30.3 Å². The van der Waals surface area contributed by atoms with Gasteiger partial charge in [-0.2, -0.15) is 0 Å². The van der Waals surface area contributed by atoms with Crippen molar-refractivity contribution in [3.63, 3.8) is 0 Å². The number of nitrogens with zero attached hydrogens (tertiary/aromatic N) is 1. The van der Waals surface area contributed by atoms with Gasteiger partial charge in [-0.15, -0.1) is 17.0 Å². The van der Waals surface area contributed by atoms with Gasteiger partial charge >= 0.3 is 0 Å². The molecular weight excluding hydrogens is 350 g/mol. The summed E-state index contributed by atoms with van der Waals surface area (Å²) in [6.07, 6.45) is 0. The van der Waals surface area contributed by atoms with Crippen LogP contribution in [0.15, 0.2) is 44.4 Å². The van der Waals surface area contributed by atoms with Crippen LogP contribution in [0.25, 0.3) is 4.72 Å². The third kappa shape index (κ3) is 3.71. The minimum absolute atomic E-state index is 0.216. The second-order valence-corrected chi connectivity index (χ2v) is 7.85. The minimum Gasteiger partial charge on any atom is -0.572 e. The zero-order valence-electron chi connectivity index (χ0n) is 10.0. The van der Waals surface area contributed by atoms with Gasteiger partial charge in [0.25, 0.3) is 0 Å². The quantitative estimate of drug-likeness (QED) is 0.798. The summed E-state index contributed by atoms with van der Waals surface area (Å²) in [6.45, 7) is 2.45. The van der Waals surface area contributed by atoms with Crippen LogP contribution in [0.3, 0.4) is 0 Å². The van der Waals surface area contributed by atoms with Crippen molar-refractivity contribution in [2.45, 2.75) is 11.1 Å². The van der Waals surface area contributed by atoms with Gasteiger partial charge in [-0.1, -0.05) is 12.1 Å². The average Bonchev–Trinajstić information content (AvgIpc) is 2.79. The van der Waals surface area contributed by atoms with Crippen molar-refractivity contribution in [2.75, 3.05) is 6.61 Å². The van der Waals surface area contributed by atoms with Crippen LogP contribution in [0.2, 0.25) is 0 Å². The van der Waals surface area contributed by atoms with Gasteiger partial charge in [0.05, 0.1) is 10.4 Å². The lowest BCUT2D eigenvalue weighted by Crippen LogP contribution is -1.94. The fourth-order valence-corrected chi connectivity index (χ4v) is 4.36. The van der Waals surface area contributed by atoms with Gasteiger partial charge in [-0.3, -0.25) is 0 Å². The first-order valence-corrected chi connectivity index (χ1v) is 8.52. The van der Waals surface area contributed by atoms with Crippen molar-refractivity contribution in [2.24, 2.45) is 0 Å². The van der Waals surface area contributed by atoms with Crippen molar-refractivity contribution in [3.8, 4) is 5.75 Å². The summed E-state index contributed by atoms with van der Waals surface area (Å²) in [4.78, 5) is 0. The van der Waals surface area contributed by atoms with Crippen LogP contribution in [-0.4, -0.2) is 15.0 Å². The van der Waals surface area contributed by atoms with Gasteiger partial charge in [-0.05, 0) is 47.1 Å². The fraction of sp³-hybridized carbons (Fsp3) is 0.167. The predicted octanol–water partition coefficient (Wildman–Crippen LogP) is 4.30. The summed E-state index contributed by atoms with van der Waals surface area (Å²) in [6, 6.07) is 9.84. The van der Waals surface area contributed by atoms with Crippen molar-refractivity contribution in [3.05, 3.63) is 44.9 Å². The van der Waals surface area contributed by atoms with Gasteiger partial charge < -0.3 is 9.46 Å². The van der Waals surface area contributed by atoms with E-state index in [9.17, 15) is 8.42 Å². The molecule has 0 aliphatic rings. The molecule has 102 valence electrons. The molecule has 2 aromatic rings. The van der Waals surface area contributed by atoms with Crippen LogP contribution in [-0.2, 0) is 10.0 Å². The normalized spacial score (nSPS) is 11.3. The van der Waals surface area contributed by atoms with Crippen molar-refractivity contribution in [1.29, 1.82) is 0 Å². The van der Waals surface area contributed by atoms with E-state index in [1.807, 2.05) is 6.92 Å². The van der Waals surface area contributed by atoms with E-state index in [0.29, 0.717) is 18.0 Å². The van der Waals surface area contributed by atoms with Crippen LogP contribution >= 0.6 is 27.3 Å². The molecule has 0 fully saturated rings. The Hall–Kier alpha value is -1.05. The van der Waals surface area contributed by atoms with Crippen LogP contribution in [0.1, 0.15) is 6.92 Å². The second-order valence-electron chi connectivity index (χ2n) is 3.55. The maximum atomic E-state index is 12.0. The van der Waals surface area contributed by atoms with E-state index in [1.165, 1.54) is 6.07 Å². The smallest absolute Gasteiger partial charge is 0.132 e. The monoisotopic (exact) mass is 360 g/mol. The molecule has 0 aliphatic carbocycles. The number of hydrogen-bond acceptors (Lipinski definition) is 4. The number of sulfonamides is 1. The Morgan fingerprint density at radius 3 is 2.42 bits per heavy atom. The zero-order valence-corrected chi connectivity index (χ0v) is 13.3. The lowest BCUT2D eigenvalue weighted by Gasteiger charge is -2.20. The number of rotatable bonds is 5. The number of ether oxygens (including phenoxy) is 1. The molecule has 0 bridgehead atoms. The molecule has 1 heterocycles. The van der Waals surface area contributed by atoms with Gasteiger partial charge in [0.15, 0.2) is 0 Å². The Kier molecular flexibility index (Phi) is 4.49. The van der Waals surface area contributed by atoms with Crippen molar-refractivity contribution < 1.29 is 13.2 Å². The van der Waals surface area contributed by atoms with Crippen molar-refractivity contribution >= 4 is 43.0 Å². The van der Waals surface area contributed by atoms with E-state index in [2.05, 4.69) is 20.7 Å². The van der Waals surface area contributed by atoms with E-state index in [4.69, 9.17) is 4.74 Å². The highest BCUT2D eigenvalue weighted by Gasteiger charge is 2.07. The molecule has 0 saturated heterocycles. The Balaban J connectivity index is 2.16. The molecule has 1 aromatic carbocycles. The molecule has 2 rings (SSSR count). The molecule has 7 heteroatoms. The summed E-state index contributed by atoms with van der Waals surface area (Å²) in [5.41, 5.74) is 0.382. The molecule has 0 radical (unpaired) electrons. The summed E-state index contributed by atoms with van der Waals surface area (Å²) in [5.74, 6) is 0.692. The van der Waals surface area contributed by atoms with Gasteiger partial charge in [0.2, 0.25) is 0 Å². The van der Waals surface area contributed by atoms with E-state index in [-0.39, 0.29) is 4.21 Å². The highest BCUT2D eigenvalue weighted by Crippen LogP contribution is 2.34. The largest absolute Gasteiger partial charge is 0.572 e. The molecule has 1 aromatic heterocycles. The molecule has 0 amide bonds. The summed E-state index contributed by atoms with van der Waals surface area (Å²) < 4.78 is 34.1. The molecule has 4 nitrogen and oxygen atoms in total. The number of thiophene rings is 1.